The van der Waals surface area contributed by atoms with Crippen molar-refractivity contribution in [1.82, 2.24) is 5.32 Å². The Labute approximate surface area is 128 Å². The Morgan fingerprint density at radius 1 is 1.40 bits per heavy atom. The van der Waals surface area contributed by atoms with E-state index < -0.39 is 0 Å². The maximum absolute atomic E-state index is 11.8. The lowest BCUT2D eigenvalue weighted by Crippen LogP contribution is -2.34. The minimum absolute atomic E-state index is 0.0863. The van der Waals surface area contributed by atoms with Crippen LogP contribution in [0.4, 0.5) is 0 Å². The van der Waals surface area contributed by atoms with Gasteiger partial charge in [0.2, 0.25) is 5.91 Å². The van der Waals surface area contributed by atoms with Crippen LogP contribution in [0.3, 0.4) is 0 Å². The van der Waals surface area contributed by atoms with E-state index in [0.29, 0.717) is 18.4 Å². The highest BCUT2D eigenvalue weighted by molar-refractivity contribution is 7.17. The molecule has 1 aliphatic carbocycles. The summed E-state index contributed by atoms with van der Waals surface area (Å²) < 4.78 is 0.720. The first-order valence-corrected chi connectivity index (χ1v) is 8.20. The minimum atomic E-state index is -0.0863. The fourth-order valence-electron chi connectivity index (χ4n) is 2.66. The van der Waals surface area contributed by atoms with Crippen molar-refractivity contribution in [3.05, 3.63) is 27.4 Å². The smallest absolute Gasteiger partial charge is 0.244 e. The zero-order valence-electron chi connectivity index (χ0n) is 11.3. The number of nitrogens with one attached hydrogen (secondary N) is 1. The SMILES string of the molecule is O=C(C=Cc1ccc(Cl)s1)NCC1CCCCC1CO. The zero-order valence-corrected chi connectivity index (χ0v) is 12.9. The normalized spacial score (nSPS) is 23.1. The standard InChI is InChI=1S/C15H20ClNO2S/c16-14-7-5-13(20-14)6-8-15(19)17-9-11-3-1-2-4-12(11)10-18/h5-8,11-12,18H,1-4,9-10H2,(H,17,19). The van der Waals surface area contributed by atoms with Gasteiger partial charge in [-0.2, -0.15) is 0 Å². The number of aliphatic hydroxyl groups excluding tert-OH is 1. The Kier molecular flexibility index (Phi) is 6.07. The van der Waals surface area contributed by atoms with Crippen molar-refractivity contribution in [3.8, 4) is 0 Å². The Morgan fingerprint density at radius 3 is 2.80 bits per heavy atom. The van der Waals surface area contributed by atoms with Gasteiger partial charge in [0, 0.05) is 24.1 Å². The maximum atomic E-state index is 11.8. The third-order valence-corrected chi connectivity index (χ3v) is 5.03. The summed E-state index contributed by atoms with van der Waals surface area (Å²) in [5.74, 6) is 0.656. The number of carbonyl (C=O) groups excluding carboxylic acids is 1. The molecule has 20 heavy (non-hydrogen) atoms. The summed E-state index contributed by atoms with van der Waals surface area (Å²) in [6.45, 7) is 0.879. The zero-order chi connectivity index (χ0) is 14.4. The molecule has 2 N–H and O–H groups in total. The average Bonchev–Trinajstić information content (AvgIpc) is 2.89. The topological polar surface area (TPSA) is 49.3 Å². The second kappa shape index (κ2) is 7.81. The summed E-state index contributed by atoms with van der Waals surface area (Å²) >= 11 is 7.28. The molecular formula is C15H20ClNO2S. The van der Waals surface area contributed by atoms with Gasteiger partial charge in [0.05, 0.1) is 4.34 Å². The van der Waals surface area contributed by atoms with Crippen LogP contribution in [0.1, 0.15) is 30.6 Å². The predicted molar refractivity (Wildman–Crippen MR) is 83.9 cm³/mol. The third kappa shape index (κ3) is 4.62. The average molecular weight is 314 g/mol. The van der Waals surface area contributed by atoms with Crippen molar-refractivity contribution >= 4 is 34.9 Å². The molecule has 110 valence electrons. The molecular weight excluding hydrogens is 294 g/mol. The van der Waals surface area contributed by atoms with Crippen molar-refractivity contribution in [2.75, 3.05) is 13.2 Å². The van der Waals surface area contributed by atoms with Gasteiger partial charge < -0.3 is 10.4 Å². The molecule has 1 amide bonds. The second-order valence-electron chi connectivity index (χ2n) is 5.21. The van der Waals surface area contributed by atoms with Crippen LogP contribution < -0.4 is 5.32 Å². The number of aliphatic hydroxyl groups is 1. The van der Waals surface area contributed by atoms with Crippen LogP contribution in [0, 0.1) is 11.8 Å². The number of hydrogen-bond acceptors (Lipinski definition) is 3. The number of thiophene rings is 1. The summed E-state index contributed by atoms with van der Waals surface area (Å²) in [4.78, 5) is 12.7. The molecule has 1 heterocycles. The van der Waals surface area contributed by atoms with Crippen LogP contribution in [0.2, 0.25) is 4.34 Å². The molecule has 5 heteroatoms. The van der Waals surface area contributed by atoms with E-state index in [1.807, 2.05) is 12.1 Å². The third-order valence-electron chi connectivity index (χ3n) is 3.83. The summed E-state index contributed by atoms with van der Waals surface area (Å²) in [6.07, 6.45) is 7.86. The van der Waals surface area contributed by atoms with Gasteiger partial charge in [0.15, 0.2) is 0 Å². The van der Waals surface area contributed by atoms with E-state index in [4.69, 9.17) is 11.6 Å². The highest BCUT2D eigenvalue weighted by atomic mass is 35.5. The summed E-state index contributed by atoms with van der Waals surface area (Å²) in [5, 5.41) is 12.3. The first-order chi connectivity index (χ1) is 9.69. The first kappa shape index (κ1) is 15.5. The van der Waals surface area contributed by atoms with E-state index >= 15 is 0 Å². The molecule has 1 fully saturated rings. The van der Waals surface area contributed by atoms with E-state index in [0.717, 1.165) is 22.1 Å². The number of halogens is 1. The quantitative estimate of drug-likeness (QED) is 0.819. The monoisotopic (exact) mass is 313 g/mol. The van der Waals surface area contributed by atoms with E-state index in [9.17, 15) is 9.90 Å². The number of hydrogen-bond donors (Lipinski definition) is 2. The lowest BCUT2D eigenvalue weighted by atomic mass is 9.79. The number of rotatable bonds is 5. The lowest BCUT2D eigenvalue weighted by molar-refractivity contribution is -0.116. The highest BCUT2D eigenvalue weighted by Crippen LogP contribution is 2.29. The van der Waals surface area contributed by atoms with Gasteiger partial charge in [0.1, 0.15) is 0 Å². The van der Waals surface area contributed by atoms with Crippen molar-refractivity contribution < 1.29 is 9.90 Å². The van der Waals surface area contributed by atoms with Gasteiger partial charge in [-0.15, -0.1) is 11.3 Å². The van der Waals surface area contributed by atoms with Crippen LogP contribution in [-0.4, -0.2) is 24.2 Å². The molecule has 1 saturated carbocycles. The maximum Gasteiger partial charge on any atom is 0.244 e. The molecule has 2 atom stereocenters. The fraction of sp³-hybridized carbons (Fsp3) is 0.533. The Bertz CT molecular complexity index is 472. The van der Waals surface area contributed by atoms with E-state index in [2.05, 4.69) is 5.32 Å². The van der Waals surface area contributed by atoms with Crippen molar-refractivity contribution in [2.24, 2.45) is 11.8 Å². The highest BCUT2D eigenvalue weighted by Gasteiger charge is 2.24. The van der Waals surface area contributed by atoms with Gasteiger partial charge in [-0.05, 0) is 42.9 Å². The molecule has 2 rings (SSSR count). The second-order valence-corrected chi connectivity index (χ2v) is 6.95. The molecule has 0 bridgehead atoms. The summed E-state index contributed by atoms with van der Waals surface area (Å²) in [5.41, 5.74) is 0. The predicted octanol–water partition coefficient (Wildman–Crippen LogP) is 3.33. The van der Waals surface area contributed by atoms with Gasteiger partial charge in [-0.3, -0.25) is 4.79 Å². The molecule has 2 unspecified atom stereocenters. The largest absolute Gasteiger partial charge is 0.396 e. The molecule has 0 aromatic carbocycles. The van der Waals surface area contributed by atoms with Gasteiger partial charge in [0.25, 0.3) is 0 Å². The molecule has 1 aliphatic rings. The Morgan fingerprint density at radius 2 is 2.15 bits per heavy atom. The van der Waals surface area contributed by atoms with Crippen molar-refractivity contribution in [1.29, 1.82) is 0 Å². The minimum Gasteiger partial charge on any atom is -0.396 e. The fourth-order valence-corrected chi connectivity index (χ4v) is 3.62. The molecule has 0 aliphatic heterocycles. The molecule has 0 saturated heterocycles. The first-order valence-electron chi connectivity index (χ1n) is 7.01. The van der Waals surface area contributed by atoms with E-state index in [1.54, 1.807) is 12.2 Å². The van der Waals surface area contributed by atoms with Gasteiger partial charge >= 0.3 is 0 Å². The molecule has 1 aromatic rings. The molecule has 0 spiro atoms. The Balaban J connectivity index is 1.78. The number of carbonyl (C=O) groups is 1. The summed E-state index contributed by atoms with van der Waals surface area (Å²) in [6, 6.07) is 3.71. The Hall–Kier alpha value is -0.840. The molecule has 3 nitrogen and oxygen atoms in total. The summed E-state index contributed by atoms with van der Waals surface area (Å²) in [7, 11) is 0. The lowest BCUT2D eigenvalue weighted by Gasteiger charge is -2.30. The van der Waals surface area contributed by atoms with Crippen LogP contribution >= 0.6 is 22.9 Å². The number of amides is 1. The van der Waals surface area contributed by atoms with Crippen LogP contribution in [0.15, 0.2) is 18.2 Å². The van der Waals surface area contributed by atoms with Crippen LogP contribution in [-0.2, 0) is 4.79 Å². The van der Waals surface area contributed by atoms with E-state index in [-0.39, 0.29) is 12.5 Å². The van der Waals surface area contributed by atoms with Crippen molar-refractivity contribution in [2.45, 2.75) is 25.7 Å². The van der Waals surface area contributed by atoms with Crippen LogP contribution in [0.25, 0.3) is 6.08 Å². The van der Waals surface area contributed by atoms with Gasteiger partial charge in [-0.1, -0.05) is 24.4 Å². The molecule has 1 aromatic heterocycles. The van der Waals surface area contributed by atoms with Crippen molar-refractivity contribution in [3.63, 3.8) is 0 Å². The van der Waals surface area contributed by atoms with Crippen LogP contribution in [0.5, 0.6) is 0 Å². The van der Waals surface area contributed by atoms with E-state index in [1.165, 1.54) is 24.2 Å². The van der Waals surface area contributed by atoms with Gasteiger partial charge in [-0.25, -0.2) is 0 Å². The molecule has 0 radical (unpaired) electrons.